The molecule has 0 aliphatic rings. The van der Waals surface area contributed by atoms with Crippen LogP contribution in [0, 0.1) is 0 Å². The fraction of sp³-hybridized carbons (Fsp3) is 0.0870. The van der Waals surface area contributed by atoms with E-state index in [0.29, 0.717) is 11.3 Å². The maximum atomic E-state index is 12.9. The first-order valence-electron chi connectivity index (χ1n) is 8.69. The second-order valence-electron chi connectivity index (χ2n) is 6.24. The first-order valence-corrected chi connectivity index (χ1v) is 8.69. The van der Waals surface area contributed by atoms with E-state index in [-0.39, 0.29) is 5.78 Å². The molecule has 0 aliphatic carbocycles. The summed E-state index contributed by atoms with van der Waals surface area (Å²) in [5.74, 6) is -0.151. The molecule has 0 amide bonds. The fourth-order valence-corrected chi connectivity index (χ4v) is 2.57. The topological polar surface area (TPSA) is 45.0 Å². The number of carbonyl (C=O) groups is 1. The minimum atomic E-state index is -0.151. The zero-order valence-corrected chi connectivity index (χ0v) is 15.4. The molecule has 4 nitrogen and oxygen atoms in total. The zero-order chi connectivity index (χ0) is 19.1. The molecule has 0 atom stereocenters. The minimum Gasteiger partial charge on any atom is -0.378 e. The van der Waals surface area contributed by atoms with E-state index in [1.807, 2.05) is 91.8 Å². The van der Waals surface area contributed by atoms with Gasteiger partial charge in [-0.05, 0) is 17.7 Å². The van der Waals surface area contributed by atoms with Gasteiger partial charge in [-0.15, -0.1) is 5.10 Å². The summed E-state index contributed by atoms with van der Waals surface area (Å²) in [5, 5.41) is 8.42. The Kier molecular flexibility index (Phi) is 5.90. The lowest BCUT2D eigenvalue weighted by Gasteiger charge is -2.11. The lowest BCUT2D eigenvalue weighted by atomic mass is 10.0. The van der Waals surface area contributed by atoms with Crippen LogP contribution in [0.3, 0.4) is 0 Å². The van der Waals surface area contributed by atoms with Gasteiger partial charge in [-0.1, -0.05) is 72.8 Å². The maximum Gasteiger partial charge on any atom is 0.213 e. The van der Waals surface area contributed by atoms with Gasteiger partial charge in [-0.2, -0.15) is 5.10 Å². The minimum absolute atomic E-state index is 0.151. The monoisotopic (exact) mass is 355 g/mol. The highest BCUT2D eigenvalue weighted by Gasteiger charge is 2.15. The van der Waals surface area contributed by atoms with Gasteiger partial charge in [0, 0.05) is 30.9 Å². The molecule has 0 unspecified atom stereocenters. The molecule has 4 heteroatoms. The molecular weight excluding hydrogens is 334 g/mol. The van der Waals surface area contributed by atoms with Crippen molar-refractivity contribution in [1.29, 1.82) is 0 Å². The summed E-state index contributed by atoms with van der Waals surface area (Å²) >= 11 is 0. The lowest BCUT2D eigenvalue weighted by Crippen LogP contribution is -2.15. The van der Waals surface area contributed by atoms with Crippen molar-refractivity contribution in [2.75, 3.05) is 19.0 Å². The van der Waals surface area contributed by atoms with E-state index in [1.54, 1.807) is 18.3 Å². The molecule has 3 aromatic rings. The van der Waals surface area contributed by atoms with E-state index < -0.39 is 0 Å². The van der Waals surface area contributed by atoms with Crippen molar-refractivity contribution >= 4 is 23.4 Å². The van der Waals surface area contributed by atoms with Crippen LogP contribution in [0.25, 0.3) is 0 Å². The second kappa shape index (κ2) is 8.72. The summed E-state index contributed by atoms with van der Waals surface area (Å²) in [7, 11) is 3.99. The summed E-state index contributed by atoms with van der Waals surface area (Å²) in [5.41, 5.74) is 3.68. The van der Waals surface area contributed by atoms with E-state index in [2.05, 4.69) is 10.2 Å². The Morgan fingerprint density at radius 3 is 1.89 bits per heavy atom. The van der Waals surface area contributed by atoms with E-state index in [4.69, 9.17) is 0 Å². The average Bonchev–Trinajstić information content (AvgIpc) is 2.72. The summed E-state index contributed by atoms with van der Waals surface area (Å²) in [6.07, 6.45) is 1.65. The van der Waals surface area contributed by atoms with Crippen molar-refractivity contribution < 1.29 is 4.79 Å². The lowest BCUT2D eigenvalue weighted by molar-refractivity contribution is 0.106. The third kappa shape index (κ3) is 4.76. The molecule has 0 bridgehead atoms. The number of nitrogens with zero attached hydrogens (tertiary/aromatic N) is 3. The molecule has 0 aromatic heterocycles. The van der Waals surface area contributed by atoms with E-state index in [9.17, 15) is 4.79 Å². The molecular formula is C23H21N3O. The van der Waals surface area contributed by atoms with Crippen LogP contribution in [0.1, 0.15) is 21.5 Å². The van der Waals surface area contributed by atoms with Crippen molar-refractivity contribution in [3.63, 3.8) is 0 Å². The van der Waals surface area contributed by atoms with Gasteiger partial charge in [0.05, 0.1) is 6.21 Å². The summed E-state index contributed by atoms with van der Waals surface area (Å²) in [6, 6.07) is 26.5. The fourth-order valence-electron chi connectivity index (χ4n) is 2.57. The van der Waals surface area contributed by atoms with Gasteiger partial charge >= 0.3 is 0 Å². The molecule has 0 N–H and O–H groups in total. The van der Waals surface area contributed by atoms with Crippen LogP contribution < -0.4 is 4.90 Å². The highest BCUT2D eigenvalue weighted by molar-refractivity contribution is 6.51. The number of benzene rings is 3. The number of hydrogen-bond acceptors (Lipinski definition) is 4. The van der Waals surface area contributed by atoms with Crippen LogP contribution in [0.15, 0.2) is 95.1 Å². The Bertz CT molecular complexity index is 944. The predicted octanol–water partition coefficient (Wildman–Crippen LogP) is 4.46. The van der Waals surface area contributed by atoms with Crippen LogP contribution in [-0.4, -0.2) is 31.8 Å². The third-order valence-corrected chi connectivity index (χ3v) is 4.07. The van der Waals surface area contributed by atoms with Crippen LogP contribution in [0.2, 0.25) is 0 Å². The average molecular weight is 355 g/mol. The van der Waals surface area contributed by atoms with Crippen LogP contribution in [0.4, 0.5) is 5.69 Å². The van der Waals surface area contributed by atoms with Gasteiger partial charge in [0.25, 0.3) is 0 Å². The number of anilines is 1. The number of Topliss-reactive ketones (excluding diaryl/α,β-unsaturated/α-hetero) is 1. The summed E-state index contributed by atoms with van der Waals surface area (Å²) in [4.78, 5) is 14.9. The largest absolute Gasteiger partial charge is 0.378 e. The second-order valence-corrected chi connectivity index (χ2v) is 6.24. The van der Waals surface area contributed by atoms with E-state index in [0.717, 1.165) is 16.8 Å². The van der Waals surface area contributed by atoms with Crippen molar-refractivity contribution in [3.05, 3.63) is 102 Å². The normalized spacial score (nSPS) is 11.6. The molecule has 0 saturated heterocycles. The van der Waals surface area contributed by atoms with E-state index in [1.165, 1.54) is 0 Å². The number of ketones is 1. The van der Waals surface area contributed by atoms with Gasteiger partial charge in [-0.3, -0.25) is 4.79 Å². The third-order valence-electron chi connectivity index (χ3n) is 4.07. The van der Waals surface area contributed by atoms with Crippen LogP contribution >= 0.6 is 0 Å². The van der Waals surface area contributed by atoms with Gasteiger partial charge < -0.3 is 4.90 Å². The zero-order valence-electron chi connectivity index (χ0n) is 15.4. The highest BCUT2D eigenvalue weighted by atomic mass is 16.1. The summed E-state index contributed by atoms with van der Waals surface area (Å²) < 4.78 is 0. The van der Waals surface area contributed by atoms with Crippen molar-refractivity contribution in [1.82, 2.24) is 0 Å². The predicted molar refractivity (Wildman–Crippen MR) is 112 cm³/mol. The molecule has 0 saturated carbocycles. The van der Waals surface area contributed by atoms with E-state index >= 15 is 0 Å². The number of hydrogen-bond donors (Lipinski definition) is 0. The smallest absolute Gasteiger partial charge is 0.213 e. The molecule has 0 spiro atoms. The Labute approximate surface area is 159 Å². The Morgan fingerprint density at radius 2 is 1.33 bits per heavy atom. The Balaban J connectivity index is 1.89. The Hall–Kier alpha value is -3.53. The van der Waals surface area contributed by atoms with Crippen LogP contribution in [0.5, 0.6) is 0 Å². The standard InChI is InChI=1S/C23H21N3O/c1-26(2)21-15-13-18(14-16-21)17-24-25-22(19-9-5-3-6-10-19)23(27)20-11-7-4-8-12-20/h3-17H,1-2H3. The van der Waals surface area contributed by atoms with Crippen LogP contribution in [-0.2, 0) is 0 Å². The first kappa shape index (κ1) is 18.3. The van der Waals surface area contributed by atoms with Crippen molar-refractivity contribution in [2.24, 2.45) is 10.2 Å². The molecule has 3 rings (SSSR count). The molecule has 134 valence electrons. The molecule has 27 heavy (non-hydrogen) atoms. The van der Waals surface area contributed by atoms with Gasteiger partial charge in [0.1, 0.15) is 5.71 Å². The molecule has 0 fully saturated rings. The maximum absolute atomic E-state index is 12.9. The van der Waals surface area contributed by atoms with Gasteiger partial charge in [0.2, 0.25) is 5.78 Å². The number of carbonyl (C=O) groups excluding carboxylic acids is 1. The SMILES string of the molecule is CN(C)c1ccc(C=NN=C(C(=O)c2ccccc2)c2ccccc2)cc1. The number of rotatable bonds is 6. The van der Waals surface area contributed by atoms with Gasteiger partial charge in [-0.25, -0.2) is 0 Å². The Morgan fingerprint density at radius 1 is 0.778 bits per heavy atom. The van der Waals surface area contributed by atoms with Gasteiger partial charge in [0.15, 0.2) is 0 Å². The molecule has 0 radical (unpaired) electrons. The molecule has 0 aliphatic heterocycles. The quantitative estimate of drug-likeness (QED) is 0.372. The van der Waals surface area contributed by atoms with Crippen molar-refractivity contribution in [3.8, 4) is 0 Å². The van der Waals surface area contributed by atoms with Crippen molar-refractivity contribution in [2.45, 2.75) is 0 Å². The summed E-state index contributed by atoms with van der Waals surface area (Å²) in [6.45, 7) is 0. The molecule has 3 aromatic carbocycles. The first-order chi connectivity index (χ1) is 13.1. The molecule has 0 heterocycles. The highest BCUT2D eigenvalue weighted by Crippen LogP contribution is 2.12.